The number of carboxylic acids is 1. The highest BCUT2D eigenvalue weighted by Gasteiger charge is 2.16. The van der Waals surface area contributed by atoms with Gasteiger partial charge in [0.1, 0.15) is 16.9 Å². The third kappa shape index (κ3) is 1.44. The van der Waals surface area contributed by atoms with Crippen molar-refractivity contribution in [2.24, 2.45) is 7.05 Å². The van der Waals surface area contributed by atoms with Crippen molar-refractivity contribution in [2.45, 2.75) is 19.8 Å². The molecule has 0 saturated carbocycles. The molecule has 2 heterocycles. The van der Waals surface area contributed by atoms with Crippen LogP contribution in [0.4, 0.5) is 0 Å². The van der Waals surface area contributed by atoms with Crippen molar-refractivity contribution in [2.75, 3.05) is 0 Å². The largest absolute Gasteiger partial charge is 0.478 e. The number of carbonyl (C=O) groups is 1. The Labute approximate surface area is 92.8 Å². The van der Waals surface area contributed by atoms with E-state index in [1.807, 2.05) is 25.5 Å². The summed E-state index contributed by atoms with van der Waals surface area (Å²) >= 11 is 0. The predicted molar refractivity (Wildman–Crippen MR) is 59.6 cm³/mol. The van der Waals surface area contributed by atoms with Crippen molar-refractivity contribution in [3.05, 3.63) is 23.8 Å². The number of imidazole rings is 1. The van der Waals surface area contributed by atoms with Gasteiger partial charge in [-0.3, -0.25) is 4.98 Å². The van der Waals surface area contributed by atoms with Gasteiger partial charge in [-0.1, -0.05) is 13.8 Å². The molecule has 2 aromatic heterocycles. The minimum atomic E-state index is -0.994. The summed E-state index contributed by atoms with van der Waals surface area (Å²) in [6, 6.07) is 0. The monoisotopic (exact) mass is 219 g/mol. The molecule has 0 fully saturated rings. The van der Waals surface area contributed by atoms with E-state index in [-0.39, 0.29) is 11.5 Å². The van der Waals surface area contributed by atoms with Gasteiger partial charge >= 0.3 is 5.97 Å². The van der Waals surface area contributed by atoms with Gasteiger partial charge in [0.05, 0.1) is 11.7 Å². The number of aryl methyl sites for hydroxylation is 1. The van der Waals surface area contributed by atoms with Crippen molar-refractivity contribution in [1.82, 2.24) is 14.5 Å². The highest BCUT2D eigenvalue weighted by Crippen LogP contribution is 2.22. The van der Waals surface area contributed by atoms with E-state index in [0.29, 0.717) is 5.52 Å². The van der Waals surface area contributed by atoms with E-state index in [9.17, 15) is 4.79 Å². The van der Waals surface area contributed by atoms with Gasteiger partial charge in [0.15, 0.2) is 0 Å². The van der Waals surface area contributed by atoms with E-state index in [1.54, 1.807) is 6.20 Å². The Morgan fingerprint density at radius 3 is 2.69 bits per heavy atom. The number of nitrogens with zero attached hydrogens (tertiary/aromatic N) is 3. The predicted octanol–water partition coefficient (Wildman–Crippen LogP) is 1.79. The van der Waals surface area contributed by atoms with Crippen LogP contribution < -0.4 is 0 Å². The van der Waals surface area contributed by atoms with Crippen molar-refractivity contribution in [1.29, 1.82) is 0 Å². The van der Waals surface area contributed by atoms with Crippen LogP contribution in [-0.4, -0.2) is 25.6 Å². The molecule has 2 rings (SSSR count). The van der Waals surface area contributed by atoms with E-state index in [0.717, 1.165) is 11.3 Å². The lowest BCUT2D eigenvalue weighted by molar-refractivity contribution is 0.0698. The third-order valence-electron chi connectivity index (χ3n) is 2.58. The fourth-order valence-electron chi connectivity index (χ4n) is 1.79. The van der Waals surface area contributed by atoms with Gasteiger partial charge in [-0.05, 0) is 0 Å². The summed E-state index contributed by atoms with van der Waals surface area (Å²) in [6.07, 6.45) is 2.97. The van der Waals surface area contributed by atoms with Gasteiger partial charge in [0.2, 0.25) is 0 Å². The number of hydrogen-bond acceptors (Lipinski definition) is 3. The molecule has 0 aliphatic rings. The lowest BCUT2D eigenvalue weighted by Crippen LogP contribution is -1.99. The van der Waals surface area contributed by atoms with Gasteiger partial charge in [-0.15, -0.1) is 0 Å². The number of pyridine rings is 1. The quantitative estimate of drug-likeness (QED) is 0.836. The smallest absolute Gasteiger partial charge is 0.339 e. The molecule has 0 aliphatic carbocycles. The van der Waals surface area contributed by atoms with Crippen molar-refractivity contribution in [3.8, 4) is 0 Å². The Balaban J connectivity index is 2.80. The van der Waals surface area contributed by atoms with Crippen LogP contribution in [0.15, 0.2) is 12.4 Å². The maximum Gasteiger partial charge on any atom is 0.339 e. The molecule has 0 aromatic carbocycles. The average Bonchev–Trinajstić information content (AvgIpc) is 2.56. The minimum absolute atomic E-state index is 0.153. The fraction of sp³-hybridized carbons (Fsp3) is 0.364. The first-order chi connectivity index (χ1) is 7.52. The number of hydrogen-bond donors (Lipinski definition) is 1. The van der Waals surface area contributed by atoms with Gasteiger partial charge in [0, 0.05) is 19.2 Å². The first kappa shape index (κ1) is 10.6. The number of aromatic nitrogens is 3. The summed E-state index contributed by atoms with van der Waals surface area (Å²) < 4.78 is 1.89. The lowest BCUT2D eigenvalue weighted by Gasteiger charge is -2.03. The van der Waals surface area contributed by atoms with Gasteiger partial charge in [0.25, 0.3) is 0 Å². The van der Waals surface area contributed by atoms with Crippen molar-refractivity contribution < 1.29 is 9.90 Å². The summed E-state index contributed by atoms with van der Waals surface area (Å²) in [5.74, 6) is 0.121. The molecule has 0 amide bonds. The molecule has 84 valence electrons. The van der Waals surface area contributed by atoms with Crippen molar-refractivity contribution >= 4 is 17.0 Å². The number of aromatic carboxylic acids is 1. The SMILES string of the molecule is CC(C)c1nc2c(C(=O)O)cncc2n1C. The van der Waals surface area contributed by atoms with E-state index < -0.39 is 5.97 Å². The summed E-state index contributed by atoms with van der Waals surface area (Å²) in [4.78, 5) is 19.3. The second-order valence-electron chi connectivity index (χ2n) is 4.04. The number of fused-ring (bicyclic) bond motifs is 1. The lowest BCUT2D eigenvalue weighted by atomic mass is 10.2. The van der Waals surface area contributed by atoms with E-state index in [1.165, 1.54) is 6.20 Å². The normalized spacial score (nSPS) is 11.2. The maximum atomic E-state index is 11.0. The van der Waals surface area contributed by atoms with Crippen LogP contribution in [0.25, 0.3) is 11.0 Å². The molecule has 0 aliphatic heterocycles. The Hall–Kier alpha value is -1.91. The van der Waals surface area contributed by atoms with Crippen LogP contribution in [0.3, 0.4) is 0 Å². The Morgan fingerprint density at radius 1 is 1.44 bits per heavy atom. The molecule has 5 heteroatoms. The van der Waals surface area contributed by atoms with Gasteiger partial charge < -0.3 is 9.67 Å². The Kier molecular flexibility index (Phi) is 2.38. The first-order valence-corrected chi connectivity index (χ1v) is 5.06. The van der Waals surface area contributed by atoms with Crippen LogP contribution in [0.2, 0.25) is 0 Å². The van der Waals surface area contributed by atoms with E-state index in [2.05, 4.69) is 9.97 Å². The summed E-state index contributed by atoms with van der Waals surface area (Å²) in [5.41, 5.74) is 1.41. The Bertz CT molecular complexity index is 558. The first-order valence-electron chi connectivity index (χ1n) is 5.06. The second-order valence-corrected chi connectivity index (χ2v) is 4.04. The van der Waals surface area contributed by atoms with Crippen molar-refractivity contribution in [3.63, 3.8) is 0 Å². The number of carboxylic acid groups (broad SMARTS) is 1. The summed E-state index contributed by atoms with van der Waals surface area (Å²) in [6.45, 7) is 4.05. The molecule has 0 bridgehead atoms. The van der Waals surface area contributed by atoms with Crippen LogP contribution in [-0.2, 0) is 7.05 Å². The fourth-order valence-corrected chi connectivity index (χ4v) is 1.79. The Morgan fingerprint density at radius 2 is 2.12 bits per heavy atom. The van der Waals surface area contributed by atoms with Crippen LogP contribution in [0.1, 0.15) is 35.9 Å². The molecule has 0 unspecified atom stereocenters. The second kappa shape index (κ2) is 3.59. The van der Waals surface area contributed by atoms with Crippen LogP contribution in [0, 0.1) is 0 Å². The van der Waals surface area contributed by atoms with Gasteiger partial charge in [-0.25, -0.2) is 9.78 Å². The summed E-state index contributed by atoms with van der Waals surface area (Å²) in [5, 5.41) is 9.03. The van der Waals surface area contributed by atoms with E-state index >= 15 is 0 Å². The zero-order valence-electron chi connectivity index (χ0n) is 9.43. The standard InChI is InChI=1S/C11H13N3O2/c1-6(2)10-13-9-7(11(15)16)4-12-5-8(9)14(10)3/h4-6H,1-3H3,(H,15,16). The minimum Gasteiger partial charge on any atom is -0.478 e. The third-order valence-corrected chi connectivity index (χ3v) is 2.58. The molecule has 2 aromatic rings. The molecule has 0 spiro atoms. The molecular formula is C11H13N3O2. The van der Waals surface area contributed by atoms with Gasteiger partial charge in [-0.2, -0.15) is 0 Å². The zero-order valence-corrected chi connectivity index (χ0v) is 9.43. The topological polar surface area (TPSA) is 68.0 Å². The number of rotatable bonds is 2. The van der Waals surface area contributed by atoms with Crippen LogP contribution in [0.5, 0.6) is 0 Å². The average molecular weight is 219 g/mol. The molecular weight excluding hydrogens is 206 g/mol. The molecule has 1 N–H and O–H groups in total. The molecule has 0 atom stereocenters. The molecule has 0 radical (unpaired) electrons. The molecule has 5 nitrogen and oxygen atoms in total. The molecule has 0 saturated heterocycles. The summed E-state index contributed by atoms with van der Waals surface area (Å²) in [7, 11) is 1.87. The van der Waals surface area contributed by atoms with Crippen LogP contribution >= 0.6 is 0 Å². The maximum absolute atomic E-state index is 11.0. The zero-order chi connectivity index (χ0) is 11.9. The highest BCUT2D eigenvalue weighted by molar-refractivity contribution is 6.00. The highest BCUT2D eigenvalue weighted by atomic mass is 16.4. The molecule has 16 heavy (non-hydrogen) atoms. The van der Waals surface area contributed by atoms with E-state index in [4.69, 9.17) is 5.11 Å².